The standard InChI is InChI=1S/C23H26N2O3/c26-21-8-4-12-24(21)14-11-22(27)25-13-3-7-20(16-25)23(28)19-10-9-17-5-1-2-6-18(17)15-19/h1-2,5-6,9-10,15,20H,3-4,7-8,11-14,16H2. The lowest BCUT2D eigenvalue weighted by Crippen LogP contribution is -2.43. The maximum atomic E-state index is 13.0. The molecule has 2 fully saturated rings. The Morgan fingerprint density at radius 3 is 2.61 bits per heavy atom. The van der Waals surface area contributed by atoms with Gasteiger partial charge in [0.15, 0.2) is 5.78 Å². The van der Waals surface area contributed by atoms with Crippen LogP contribution in [0.25, 0.3) is 10.8 Å². The largest absolute Gasteiger partial charge is 0.342 e. The molecular weight excluding hydrogens is 352 g/mol. The third kappa shape index (κ3) is 3.93. The Kier molecular flexibility index (Phi) is 5.42. The van der Waals surface area contributed by atoms with Crippen LogP contribution in [0, 0.1) is 5.92 Å². The molecule has 4 rings (SSSR count). The summed E-state index contributed by atoms with van der Waals surface area (Å²) in [5.41, 5.74) is 0.723. The van der Waals surface area contributed by atoms with Gasteiger partial charge in [0, 0.05) is 50.5 Å². The predicted molar refractivity (Wildman–Crippen MR) is 108 cm³/mol. The molecule has 0 spiro atoms. The fourth-order valence-electron chi connectivity index (χ4n) is 4.33. The van der Waals surface area contributed by atoms with Crippen LogP contribution in [-0.2, 0) is 9.59 Å². The van der Waals surface area contributed by atoms with Crippen molar-refractivity contribution in [1.82, 2.24) is 9.80 Å². The third-order valence-electron chi connectivity index (χ3n) is 5.95. The molecule has 5 nitrogen and oxygen atoms in total. The number of fused-ring (bicyclic) bond motifs is 1. The minimum Gasteiger partial charge on any atom is -0.342 e. The number of hydrogen-bond acceptors (Lipinski definition) is 3. The highest BCUT2D eigenvalue weighted by Gasteiger charge is 2.29. The molecule has 2 heterocycles. The molecule has 2 saturated heterocycles. The van der Waals surface area contributed by atoms with Crippen molar-refractivity contribution in [3.05, 3.63) is 48.0 Å². The first-order chi connectivity index (χ1) is 13.6. The molecule has 1 unspecified atom stereocenters. The number of piperidine rings is 1. The second-order valence-corrected chi connectivity index (χ2v) is 7.84. The molecule has 0 aliphatic carbocycles. The lowest BCUT2D eigenvalue weighted by atomic mass is 9.89. The maximum absolute atomic E-state index is 13.0. The summed E-state index contributed by atoms with van der Waals surface area (Å²) in [6.45, 7) is 2.44. The fourth-order valence-corrected chi connectivity index (χ4v) is 4.33. The van der Waals surface area contributed by atoms with Gasteiger partial charge in [0.25, 0.3) is 0 Å². The number of carbonyl (C=O) groups is 3. The van der Waals surface area contributed by atoms with Crippen LogP contribution in [0.5, 0.6) is 0 Å². The Morgan fingerprint density at radius 2 is 1.82 bits per heavy atom. The Hall–Kier alpha value is -2.69. The normalized spacial score (nSPS) is 20.0. The molecule has 146 valence electrons. The summed E-state index contributed by atoms with van der Waals surface area (Å²) in [4.78, 5) is 40.9. The number of ketones is 1. The van der Waals surface area contributed by atoms with Gasteiger partial charge >= 0.3 is 0 Å². The van der Waals surface area contributed by atoms with E-state index >= 15 is 0 Å². The monoisotopic (exact) mass is 378 g/mol. The summed E-state index contributed by atoms with van der Waals surface area (Å²) in [6, 6.07) is 13.9. The van der Waals surface area contributed by atoms with Crippen LogP contribution in [0.15, 0.2) is 42.5 Å². The van der Waals surface area contributed by atoms with Crippen molar-refractivity contribution in [3.63, 3.8) is 0 Å². The molecule has 0 saturated carbocycles. The molecule has 28 heavy (non-hydrogen) atoms. The molecule has 2 aromatic rings. The average molecular weight is 378 g/mol. The van der Waals surface area contributed by atoms with Crippen LogP contribution in [0.1, 0.15) is 42.5 Å². The van der Waals surface area contributed by atoms with Crippen LogP contribution in [-0.4, -0.2) is 53.6 Å². The van der Waals surface area contributed by atoms with E-state index in [1.807, 2.05) is 47.4 Å². The van der Waals surface area contributed by atoms with Crippen molar-refractivity contribution in [2.24, 2.45) is 5.92 Å². The average Bonchev–Trinajstić information content (AvgIpc) is 3.16. The van der Waals surface area contributed by atoms with E-state index in [9.17, 15) is 14.4 Å². The summed E-state index contributed by atoms with van der Waals surface area (Å²) in [5.74, 6) is 0.178. The van der Waals surface area contributed by atoms with Gasteiger partial charge in [-0.25, -0.2) is 0 Å². The summed E-state index contributed by atoms with van der Waals surface area (Å²) < 4.78 is 0. The first-order valence-corrected chi connectivity index (χ1v) is 10.2. The van der Waals surface area contributed by atoms with Crippen LogP contribution in [0.4, 0.5) is 0 Å². The van der Waals surface area contributed by atoms with Gasteiger partial charge in [-0.3, -0.25) is 14.4 Å². The molecule has 2 aromatic carbocycles. The number of amides is 2. The van der Waals surface area contributed by atoms with Crippen molar-refractivity contribution in [2.45, 2.75) is 32.1 Å². The molecule has 0 bridgehead atoms. The molecule has 0 aromatic heterocycles. The summed E-state index contributed by atoms with van der Waals surface area (Å²) in [7, 11) is 0. The highest BCUT2D eigenvalue weighted by Crippen LogP contribution is 2.24. The quantitative estimate of drug-likeness (QED) is 0.751. The SMILES string of the molecule is O=C(c1ccc2ccccc2c1)C1CCCN(C(=O)CCN2CCCC2=O)C1. The highest BCUT2D eigenvalue weighted by atomic mass is 16.2. The lowest BCUT2D eigenvalue weighted by molar-refractivity contribution is -0.134. The van der Waals surface area contributed by atoms with Gasteiger partial charge < -0.3 is 9.80 Å². The summed E-state index contributed by atoms with van der Waals surface area (Å²) in [5, 5.41) is 2.18. The van der Waals surface area contributed by atoms with E-state index < -0.39 is 0 Å². The zero-order valence-electron chi connectivity index (χ0n) is 16.1. The van der Waals surface area contributed by atoms with E-state index in [2.05, 4.69) is 0 Å². The zero-order chi connectivity index (χ0) is 19.5. The van der Waals surface area contributed by atoms with E-state index in [4.69, 9.17) is 0 Å². The Balaban J connectivity index is 1.38. The topological polar surface area (TPSA) is 57.7 Å². The van der Waals surface area contributed by atoms with Gasteiger partial charge in [-0.1, -0.05) is 36.4 Å². The number of nitrogens with zero attached hydrogens (tertiary/aromatic N) is 2. The molecule has 0 N–H and O–H groups in total. The minimum atomic E-state index is -0.146. The minimum absolute atomic E-state index is 0.0516. The van der Waals surface area contributed by atoms with E-state index in [1.165, 1.54) is 0 Å². The Bertz CT molecular complexity index is 908. The van der Waals surface area contributed by atoms with Crippen molar-refractivity contribution in [3.8, 4) is 0 Å². The predicted octanol–water partition coefficient (Wildman–Crippen LogP) is 3.27. The van der Waals surface area contributed by atoms with Gasteiger partial charge in [-0.15, -0.1) is 0 Å². The van der Waals surface area contributed by atoms with Crippen LogP contribution >= 0.6 is 0 Å². The molecule has 0 radical (unpaired) electrons. The van der Waals surface area contributed by atoms with Gasteiger partial charge in [-0.05, 0) is 36.1 Å². The van der Waals surface area contributed by atoms with Crippen molar-refractivity contribution >= 4 is 28.4 Å². The lowest BCUT2D eigenvalue weighted by Gasteiger charge is -2.32. The van der Waals surface area contributed by atoms with Crippen LogP contribution in [0.2, 0.25) is 0 Å². The summed E-state index contributed by atoms with van der Waals surface area (Å²) in [6.07, 6.45) is 3.50. The first-order valence-electron chi connectivity index (χ1n) is 10.2. The van der Waals surface area contributed by atoms with Crippen LogP contribution in [0.3, 0.4) is 0 Å². The number of carbonyl (C=O) groups excluding carboxylic acids is 3. The van der Waals surface area contributed by atoms with E-state index in [1.54, 1.807) is 4.90 Å². The first kappa shape index (κ1) is 18.7. The van der Waals surface area contributed by atoms with Crippen LogP contribution < -0.4 is 0 Å². The van der Waals surface area contributed by atoms with Crippen molar-refractivity contribution in [1.29, 1.82) is 0 Å². The maximum Gasteiger partial charge on any atom is 0.224 e. The van der Waals surface area contributed by atoms with Gasteiger partial charge in [0.2, 0.25) is 11.8 Å². The molecule has 1 atom stereocenters. The molecule has 2 aliphatic heterocycles. The second kappa shape index (κ2) is 8.13. The number of Topliss-reactive ketones (excluding diaryl/α,β-unsaturated/α-hetero) is 1. The van der Waals surface area contributed by atoms with Gasteiger partial charge in [0.05, 0.1) is 0 Å². The summed E-state index contributed by atoms with van der Waals surface area (Å²) >= 11 is 0. The van der Waals surface area contributed by atoms with Gasteiger partial charge in [0.1, 0.15) is 0 Å². The fraction of sp³-hybridized carbons (Fsp3) is 0.435. The van der Waals surface area contributed by atoms with E-state index in [0.29, 0.717) is 32.5 Å². The highest BCUT2D eigenvalue weighted by molar-refractivity contribution is 6.01. The van der Waals surface area contributed by atoms with E-state index in [-0.39, 0.29) is 23.5 Å². The number of rotatable bonds is 5. The third-order valence-corrected chi connectivity index (χ3v) is 5.95. The van der Waals surface area contributed by atoms with Crippen molar-refractivity contribution in [2.75, 3.05) is 26.2 Å². The molecule has 2 amide bonds. The molecule has 5 heteroatoms. The van der Waals surface area contributed by atoms with Gasteiger partial charge in [-0.2, -0.15) is 0 Å². The molecular formula is C23H26N2O3. The smallest absolute Gasteiger partial charge is 0.224 e. The number of hydrogen-bond donors (Lipinski definition) is 0. The number of likely N-dealkylation sites (tertiary alicyclic amines) is 2. The van der Waals surface area contributed by atoms with E-state index in [0.717, 1.165) is 42.1 Å². The Labute approximate surface area is 165 Å². The molecule has 2 aliphatic rings. The van der Waals surface area contributed by atoms with Crippen molar-refractivity contribution < 1.29 is 14.4 Å². The second-order valence-electron chi connectivity index (χ2n) is 7.84. The number of benzene rings is 2. The zero-order valence-corrected chi connectivity index (χ0v) is 16.1. The Morgan fingerprint density at radius 1 is 1.00 bits per heavy atom.